The molecule has 3 heterocycles. The molecule has 29 heteroatoms. The van der Waals surface area contributed by atoms with Gasteiger partial charge in [0.15, 0.2) is 5.03 Å². The Labute approximate surface area is 506 Å². The molecular weight excluding hydrogens is 1360 g/mol. The number of halogens is 5. The first-order valence-corrected chi connectivity index (χ1v) is 29.0. The van der Waals surface area contributed by atoms with Gasteiger partial charge in [-0.3, -0.25) is 14.9 Å². The number of benzene rings is 3. The van der Waals surface area contributed by atoms with Crippen molar-refractivity contribution in [2.75, 3.05) is 53.0 Å². The van der Waals surface area contributed by atoms with Crippen LogP contribution in [0.25, 0.3) is 5.69 Å². The SMILES string of the molecule is CC1(C)[C@H](C(=O)O[C@H](C#N)c2cccc(Oc3ccccc3)c2)[C@@H]1C(Br)C(Br)(Br)Br.CN(C)C(=O)Nc1ccc(-n2nc(C(C)(C)C)oc2=O)c(Cl)c1.COc1cc(OC)nc(NC(=O)NS(=O)(=O)c2ncccc2C(=O)N(C)C)n1. The van der Waals surface area contributed by atoms with Gasteiger partial charge in [-0.05, 0) is 65.9 Å². The summed E-state index contributed by atoms with van der Waals surface area (Å²) in [6.07, 6.45) is 0.180. The summed E-state index contributed by atoms with van der Waals surface area (Å²) in [6.45, 7) is 9.72. The lowest BCUT2D eigenvalue weighted by Gasteiger charge is -2.21. The van der Waals surface area contributed by atoms with E-state index in [2.05, 4.69) is 100 Å². The maximum atomic E-state index is 12.9. The average Bonchev–Trinajstić information content (AvgIpc) is 4.00. The Balaban J connectivity index is 0.000000225. The number of hydrogen-bond donors (Lipinski definition) is 3. The van der Waals surface area contributed by atoms with Crippen LogP contribution in [0.5, 0.6) is 23.3 Å². The van der Waals surface area contributed by atoms with Gasteiger partial charge in [-0.1, -0.05) is 140 Å². The number of hydrogen-bond acceptors (Lipinski definition) is 17. The number of urea groups is 2. The molecule has 1 aliphatic carbocycles. The Hall–Kier alpha value is -6.64. The van der Waals surface area contributed by atoms with Crippen molar-refractivity contribution >= 4 is 121 Å². The van der Waals surface area contributed by atoms with Crippen LogP contribution < -0.4 is 35.3 Å². The van der Waals surface area contributed by atoms with Gasteiger partial charge in [-0.15, -0.1) is 5.10 Å². The molecule has 3 aromatic carbocycles. The van der Waals surface area contributed by atoms with E-state index in [1.54, 1.807) is 61.3 Å². The van der Waals surface area contributed by atoms with Gasteiger partial charge >= 0.3 is 23.8 Å². The molecular formula is C52H56Br4ClN11O12S. The Morgan fingerprint density at radius 1 is 0.864 bits per heavy atom. The number of aromatic nitrogens is 5. The van der Waals surface area contributed by atoms with Gasteiger partial charge in [0.25, 0.3) is 15.9 Å². The molecule has 5 amide bonds. The molecule has 0 saturated heterocycles. The smallest absolute Gasteiger partial charge is 0.442 e. The van der Waals surface area contributed by atoms with Crippen molar-refractivity contribution in [3.63, 3.8) is 0 Å². The molecule has 1 fully saturated rings. The number of alkyl halides is 4. The van der Waals surface area contributed by atoms with Gasteiger partial charge in [-0.2, -0.15) is 28.3 Å². The number of para-hydroxylation sites is 1. The number of nitriles is 1. The molecule has 0 aliphatic heterocycles. The third kappa shape index (κ3) is 17.4. The Bertz CT molecular complexity index is 3440. The number of carbonyl (C=O) groups excluding carboxylic acids is 4. The van der Waals surface area contributed by atoms with E-state index in [0.29, 0.717) is 34.3 Å². The number of esters is 1. The molecule has 3 aromatic heterocycles. The van der Waals surface area contributed by atoms with Gasteiger partial charge in [-0.25, -0.2) is 24.1 Å². The maximum Gasteiger partial charge on any atom is 0.442 e. The number of nitrogens with zero attached hydrogens (tertiary/aromatic N) is 8. The fourth-order valence-corrected chi connectivity index (χ4v) is 10.4. The summed E-state index contributed by atoms with van der Waals surface area (Å²) in [6, 6.07) is 25.9. The second-order valence-electron chi connectivity index (χ2n) is 19.4. The second-order valence-corrected chi connectivity index (χ2v) is 29.4. The quantitative estimate of drug-likeness (QED) is 0.0674. The highest BCUT2D eigenvalue weighted by Gasteiger charge is 2.67. The Morgan fingerprint density at radius 2 is 1.49 bits per heavy atom. The van der Waals surface area contributed by atoms with Crippen LogP contribution in [0.3, 0.4) is 0 Å². The van der Waals surface area contributed by atoms with Gasteiger partial charge in [0.05, 0.1) is 47.3 Å². The van der Waals surface area contributed by atoms with Crippen molar-refractivity contribution < 1.29 is 51.0 Å². The minimum atomic E-state index is -4.46. The fourth-order valence-electron chi connectivity index (χ4n) is 7.30. The van der Waals surface area contributed by atoms with Crippen LogP contribution in [0.2, 0.25) is 5.02 Å². The monoisotopic (exact) mass is 1410 g/mol. The van der Waals surface area contributed by atoms with Crippen molar-refractivity contribution in [1.29, 1.82) is 5.26 Å². The van der Waals surface area contributed by atoms with E-state index in [1.807, 2.05) is 65.0 Å². The van der Waals surface area contributed by atoms with Crippen molar-refractivity contribution in [1.82, 2.24) is 39.3 Å². The van der Waals surface area contributed by atoms with E-state index < -0.39 is 46.4 Å². The van der Waals surface area contributed by atoms with E-state index in [0.717, 1.165) is 4.68 Å². The van der Waals surface area contributed by atoms with Gasteiger partial charge in [0.2, 0.25) is 29.7 Å². The van der Waals surface area contributed by atoms with E-state index in [9.17, 15) is 37.7 Å². The molecule has 7 rings (SSSR count). The number of ether oxygens (including phenoxy) is 4. The van der Waals surface area contributed by atoms with Crippen molar-refractivity contribution in [3.05, 3.63) is 130 Å². The molecule has 4 atom stereocenters. The van der Waals surface area contributed by atoms with Crippen molar-refractivity contribution in [2.45, 2.75) is 58.1 Å². The van der Waals surface area contributed by atoms with Crippen LogP contribution in [-0.4, -0.2) is 116 Å². The summed E-state index contributed by atoms with van der Waals surface area (Å²) in [5.74, 6) is -0.371. The lowest BCUT2D eigenvalue weighted by atomic mass is 9.97. The van der Waals surface area contributed by atoms with Crippen molar-refractivity contribution in [2.24, 2.45) is 17.3 Å². The number of amides is 5. The number of sulfonamides is 1. The van der Waals surface area contributed by atoms with Crippen LogP contribution in [-0.2, 0) is 25.0 Å². The zero-order chi connectivity index (χ0) is 60.4. The van der Waals surface area contributed by atoms with Crippen LogP contribution in [0, 0.1) is 28.6 Å². The van der Waals surface area contributed by atoms with Gasteiger partial charge < -0.3 is 38.5 Å². The predicted molar refractivity (Wildman–Crippen MR) is 316 cm³/mol. The first-order valence-electron chi connectivity index (χ1n) is 23.8. The largest absolute Gasteiger partial charge is 0.481 e. The highest BCUT2D eigenvalue weighted by Crippen LogP contribution is 2.66. The summed E-state index contributed by atoms with van der Waals surface area (Å²) >= 11 is 20.4. The molecule has 1 saturated carbocycles. The predicted octanol–water partition coefficient (Wildman–Crippen LogP) is 10.4. The summed E-state index contributed by atoms with van der Waals surface area (Å²) in [5, 5.41) is 18.4. The standard InChI is InChI=1S/C22H19Br4NO3.C15H19ClN4O3.C15H18N6O6S/c1-21(2)17(19(23)22(24,25)26)18(21)20(28)30-16(12-27)13-7-6-10-15(11-13)29-14-8-4-3-5-9-14;1-15(2,3)12-18-20(14(22)23-12)11-7-6-9(8-10(11)16)17-13(21)19(4)5;1-21(2)13(22)9-6-5-7-16-12(9)28(24,25)20-15(23)19-14-17-10(26-3)8-11(18-14)27-4/h3-11,16-19H,1-2H3;6-8H,1-5H3,(H,17,21);5-8H,1-4H3,(H2,17,18,19,20,23)/t16-,17-,18+,19?;;/m1../s1. The molecule has 81 heavy (non-hydrogen) atoms. The highest BCUT2D eigenvalue weighted by molar-refractivity contribution is 9.40. The molecule has 0 radical (unpaired) electrons. The van der Waals surface area contributed by atoms with E-state index >= 15 is 0 Å². The van der Waals surface area contributed by atoms with Gasteiger partial charge in [0, 0.05) is 51.1 Å². The lowest BCUT2D eigenvalue weighted by Crippen LogP contribution is -2.36. The number of pyridine rings is 1. The molecule has 1 unspecified atom stereocenters. The van der Waals surface area contributed by atoms with Gasteiger partial charge in [0.1, 0.15) is 19.7 Å². The third-order valence-corrected chi connectivity index (χ3v) is 17.7. The third-order valence-electron chi connectivity index (χ3n) is 11.5. The summed E-state index contributed by atoms with van der Waals surface area (Å²) in [4.78, 5) is 74.8. The van der Waals surface area contributed by atoms with Crippen LogP contribution >= 0.6 is 75.3 Å². The molecule has 1 aliphatic rings. The van der Waals surface area contributed by atoms with Crippen molar-refractivity contribution in [3.8, 4) is 35.0 Å². The fraction of sp³-hybridized carbons (Fsp3) is 0.346. The van der Waals surface area contributed by atoms with E-state index in [1.165, 1.54) is 62.5 Å². The van der Waals surface area contributed by atoms with Crippen LogP contribution in [0.1, 0.15) is 62.5 Å². The number of rotatable bonds is 14. The first kappa shape index (κ1) is 65.2. The van der Waals surface area contributed by atoms with E-state index in [4.69, 9.17) is 35.0 Å². The molecule has 0 bridgehead atoms. The summed E-state index contributed by atoms with van der Waals surface area (Å²) in [5.41, 5.74) is 0.636. The lowest BCUT2D eigenvalue weighted by molar-refractivity contribution is -0.149. The number of nitrogens with one attached hydrogen (secondary N) is 3. The number of carbonyl (C=O) groups is 4. The van der Waals surface area contributed by atoms with Crippen LogP contribution in [0.15, 0.2) is 111 Å². The Kier molecular flexibility index (Phi) is 22.1. The van der Waals surface area contributed by atoms with Crippen LogP contribution in [0.4, 0.5) is 21.2 Å². The molecule has 6 aromatic rings. The first-order chi connectivity index (χ1) is 37.8. The molecule has 0 spiro atoms. The zero-order valence-corrected chi connectivity index (χ0v) is 53.2. The summed E-state index contributed by atoms with van der Waals surface area (Å²) in [7, 11) is 4.42. The Morgan fingerprint density at radius 3 is 2.04 bits per heavy atom. The zero-order valence-electron chi connectivity index (χ0n) is 45.3. The summed E-state index contributed by atoms with van der Waals surface area (Å²) < 4.78 is 53.9. The highest BCUT2D eigenvalue weighted by atomic mass is 80.0. The molecule has 23 nitrogen and oxygen atoms in total. The molecule has 432 valence electrons. The average molecular weight is 1410 g/mol. The normalized spacial score (nSPS) is 15.0. The number of anilines is 2. The van der Waals surface area contributed by atoms with E-state index in [-0.39, 0.29) is 62.4 Å². The minimum absolute atomic E-state index is 0.0233. The second kappa shape index (κ2) is 27.4. The molecule has 3 N–H and O–H groups in total. The topological polar surface area (TPSA) is 292 Å². The number of methoxy groups -OCH3 is 2. The minimum Gasteiger partial charge on any atom is -0.481 e. The maximum absolute atomic E-state index is 12.9.